The van der Waals surface area contributed by atoms with E-state index in [1.165, 1.54) is 12.8 Å². The monoisotopic (exact) mass is 264 g/mol. The lowest BCUT2D eigenvalue weighted by Crippen LogP contribution is -2.59. The molecule has 0 amide bonds. The van der Waals surface area contributed by atoms with Gasteiger partial charge in [-0.05, 0) is 65.6 Å². The molecule has 0 aromatic carbocycles. The smallest absolute Gasteiger partial charge is 0.0235 e. The second-order valence-electron chi connectivity index (χ2n) is 8.77. The molecule has 0 saturated heterocycles. The summed E-state index contributed by atoms with van der Waals surface area (Å²) in [5, 5.41) is 0. The molecule has 0 radical (unpaired) electrons. The Balaban J connectivity index is 2.20. The average molecular weight is 264 g/mol. The van der Waals surface area contributed by atoms with Crippen molar-refractivity contribution in [2.75, 3.05) is 0 Å². The van der Waals surface area contributed by atoms with Gasteiger partial charge in [-0.15, -0.1) is 0 Å². The topological polar surface area (TPSA) is 0 Å². The second-order valence-corrected chi connectivity index (χ2v) is 8.77. The molecule has 7 unspecified atom stereocenters. The molecule has 2 rings (SSSR count). The normalized spacial score (nSPS) is 52.3. The first-order valence-corrected chi connectivity index (χ1v) is 8.71. The van der Waals surface area contributed by atoms with Gasteiger partial charge in [0.2, 0.25) is 0 Å². The van der Waals surface area contributed by atoms with Crippen LogP contribution in [0.25, 0.3) is 0 Å². The largest absolute Gasteiger partial charge is 0.0625 e. The van der Waals surface area contributed by atoms with E-state index in [-0.39, 0.29) is 0 Å². The summed E-state index contributed by atoms with van der Waals surface area (Å²) in [5.74, 6) is 7.37. The van der Waals surface area contributed by atoms with Gasteiger partial charge in [0.15, 0.2) is 0 Å². The molecule has 0 heteroatoms. The van der Waals surface area contributed by atoms with Gasteiger partial charge >= 0.3 is 0 Å². The van der Waals surface area contributed by atoms with Crippen molar-refractivity contribution in [3.8, 4) is 0 Å². The van der Waals surface area contributed by atoms with Crippen LogP contribution in [0, 0.1) is 52.8 Å². The molecule has 112 valence electrons. The molecule has 0 heterocycles. The Morgan fingerprint density at radius 3 is 1.79 bits per heavy atom. The van der Waals surface area contributed by atoms with Crippen molar-refractivity contribution in [1.82, 2.24) is 0 Å². The molecular weight excluding hydrogens is 228 g/mol. The summed E-state index contributed by atoms with van der Waals surface area (Å²) in [7, 11) is 0. The van der Waals surface area contributed by atoms with E-state index in [4.69, 9.17) is 0 Å². The summed E-state index contributed by atoms with van der Waals surface area (Å²) in [5.41, 5.74) is 0.613. The average Bonchev–Trinajstić information content (AvgIpc) is 2.68. The van der Waals surface area contributed by atoms with Crippen molar-refractivity contribution in [2.45, 2.75) is 68.2 Å². The zero-order valence-corrected chi connectivity index (χ0v) is 14.5. The van der Waals surface area contributed by atoms with Crippen LogP contribution in [0.1, 0.15) is 68.2 Å². The molecule has 0 N–H and O–H groups in total. The molecule has 7 atom stereocenters. The van der Waals surface area contributed by atoms with Crippen LogP contribution in [0.2, 0.25) is 0 Å². The maximum atomic E-state index is 2.64. The molecule has 0 aromatic rings. The van der Waals surface area contributed by atoms with E-state index >= 15 is 0 Å². The highest BCUT2D eigenvalue weighted by Gasteiger charge is 2.60. The van der Waals surface area contributed by atoms with Crippen LogP contribution in [0.3, 0.4) is 0 Å². The van der Waals surface area contributed by atoms with Crippen molar-refractivity contribution in [1.29, 1.82) is 0 Å². The van der Waals surface area contributed by atoms with Crippen molar-refractivity contribution in [3.63, 3.8) is 0 Å². The first-order valence-electron chi connectivity index (χ1n) is 8.71. The Bertz CT molecular complexity index is 308. The summed E-state index contributed by atoms with van der Waals surface area (Å²) < 4.78 is 0. The van der Waals surface area contributed by atoms with Gasteiger partial charge in [0.1, 0.15) is 0 Å². The molecule has 0 aromatic heterocycles. The van der Waals surface area contributed by atoms with Crippen LogP contribution in [0.5, 0.6) is 0 Å². The van der Waals surface area contributed by atoms with Gasteiger partial charge in [0, 0.05) is 0 Å². The fourth-order valence-electron chi connectivity index (χ4n) is 5.70. The van der Waals surface area contributed by atoms with Crippen LogP contribution >= 0.6 is 0 Å². The molecule has 0 nitrogen and oxygen atoms in total. The van der Waals surface area contributed by atoms with E-state index in [1.807, 2.05) is 0 Å². The van der Waals surface area contributed by atoms with Crippen molar-refractivity contribution in [3.05, 3.63) is 0 Å². The standard InChI is InChI=1S/C19H36/c1-11(2)14(5)18-15(6)16(7)19(18,8)17-9-12(3)13(4)10-17/h11-18H,9-10H2,1-8H3. The molecule has 2 aliphatic rings. The van der Waals surface area contributed by atoms with Gasteiger partial charge in [-0.3, -0.25) is 0 Å². The van der Waals surface area contributed by atoms with E-state index in [0.717, 1.165) is 47.3 Å². The fraction of sp³-hybridized carbons (Fsp3) is 1.00. The van der Waals surface area contributed by atoms with Crippen molar-refractivity contribution < 1.29 is 0 Å². The predicted molar refractivity (Wildman–Crippen MR) is 85.0 cm³/mol. The van der Waals surface area contributed by atoms with E-state index in [1.54, 1.807) is 0 Å². The van der Waals surface area contributed by atoms with E-state index in [0.29, 0.717) is 5.41 Å². The zero-order valence-electron chi connectivity index (χ0n) is 14.5. The Hall–Kier alpha value is 0. The first kappa shape index (κ1) is 15.4. The minimum absolute atomic E-state index is 0.613. The minimum Gasteiger partial charge on any atom is -0.0625 e. The summed E-state index contributed by atoms with van der Waals surface area (Å²) >= 11 is 0. The SMILES string of the molecule is CC(C)C(C)C1C(C)C(C)C1(C)C1CC(C)C(C)C1. The maximum absolute atomic E-state index is 2.64. The highest BCUT2D eigenvalue weighted by Crippen LogP contribution is 2.66. The third-order valence-corrected chi connectivity index (χ3v) is 7.84. The van der Waals surface area contributed by atoms with Crippen molar-refractivity contribution >= 4 is 0 Å². The lowest BCUT2D eigenvalue weighted by molar-refractivity contribution is -0.164. The number of rotatable bonds is 3. The summed E-state index contributed by atoms with van der Waals surface area (Å²) in [6, 6.07) is 0. The number of hydrogen-bond donors (Lipinski definition) is 0. The Morgan fingerprint density at radius 1 is 0.895 bits per heavy atom. The minimum atomic E-state index is 0.613. The third-order valence-electron chi connectivity index (χ3n) is 7.84. The summed E-state index contributed by atoms with van der Waals surface area (Å²) in [6.45, 7) is 20.0. The zero-order chi connectivity index (χ0) is 14.5. The van der Waals surface area contributed by atoms with Gasteiger partial charge in [-0.25, -0.2) is 0 Å². The molecule has 0 spiro atoms. The van der Waals surface area contributed by atoms with Crippen molar-refractivity contribution in [2.24, 2.45) is 52.8 Å². The van der Waals surface area contributed by atoms with Crippen LogP contribution in [0.4, 0.5) is 0 Å². The molecule has 2 aliphatic carbocycles. The van der Waals surface area contributed by atoms with E-state index in [9.17, 15) is 0 Å². The maximum Gasteiger partial charge on any atom is -0.0235 e. The molecule has 19 heavy (non-hydrogen) atoms. The molecule has 0 aliphatic heterocycles. The lowest BCUT2D eigenvalue weighted by atomic mass is 9.41. The van der Waals surface area contributed by atoms with E-state index < -0.39 is 0 Å². The second kappa shape index (κ2) is 5.08. The van der Waals surface area contributed by atoms with Gasteiger partial charge in [0.05, 0.1) is 0 Å². The van der Waals surface area contributed by atoms with Crippen LogP contribution < -0.4 is 0 Å². The van der Waals surface area contributed by atoms with Gasteiger partial charge in [0.25, 0.3) is 0 Å². The summed E-state index contributed by atoms with van der Waals surface area (Å²) in [4.78, 5) is 0. The highest BCUT2D eigenvalue weighted by molar-refractivity contribution is 5.08. The summed E-state index contributed by atoms with van der Waals surface area (Å²) in [6.07, 6.45) is 2.96. The van der Waals surface area contributed by atoms with Crippen LogP contribution in [-0.2, 0) is 0 Å². The fourth-order valence-corrected chi connectivity index (χ4v) is 5.70. The predicted octanol–water partition coefficient (Wildman–Crippen LogP) is 5.87. The van der Waals surface area contributed by atoms with Crippen LogP contribution in [0.15, 0.2) is 0 Å². The lowest BCUT2D eigenvalue weighted by Gasteiger charge is -2.64. The van der Waals surface area contributed by atoms with Gasteiger partial charge in [-0.2, -0.15) is 0 Å². The quantitative estimate of drug-likeness (QED) is 0.598. The third kappa shape index (κ3) is 2.18. The molecule has 2 saturated carbocycles. The molecular formula is C19H36. The highest BCUT2D eigenvalue weighted by atomic mass is 14.6. The van der Waals surface area contributed by atoms with E-state index in [2.05, 4.69) is 55.4 Å². The van der Waals surface area contributed by atoms with Gasteiger partial charge in [-0.1, -0.05) is 55.4 Å². The number of hydrogen-bond acceptors (Lipinski definition) is 0. The Kier molecular flexibility index (Phi) is 4.11. The Labute approximate surface area is 121 Å². The molecule has 0 bridgehead atoms. The first-order chi connectivity index (χ1) is 8.71. The Morgan fingerprint density at radius 2 is 1.37 bits per heavy atom. The van der Waals surface area contributed by atoms with Crippen LogP contribution in [-0.4, -0.2) is 0 Å². The molecule has 2 fully saturated rings. The van der Waals surface area contributed by atoms with Gasteiger partial charge < -0.3 is 0 Å².